The Kier molecular flexibility index (Phi) is 7.50. The Labute approximate surface area is 117 Å². The molecule has 1 amide bonds. The summed E-state index contributed by atoms with van der Waals surface area (Å²) < 4.78 is 0. The van der Waals surface area contributed by atoms with Crippen LogP contribution in [0.4, 0.5) is 0 Å². The SMILES string of the molecule is CCN(CCCC(=O)N1CCCCC1)C[C@H](C)C#N. The molecule has 0 spiro atoms. The van der Waals surface area contributed by atoms with Crippen molar-refractivity contribution in [2.24, 2.45) is 5.92 Å². The molecular formula is C15H27N3O. The van der Waals surface area contributed by atoms with E-state index in [4.69, 9.17) is 5.26 Å². The van der Waals surface area contributed by atoms with Crippen molar-refractivity contribution in [1.82, 2.24) is 9.80 Å². The van der Waals surface area contributed by atoms with Crippen LogP contribution in [0, 0.1) is 17.2 Å². The van der Waals surface area contributed by atoms with Crippen LogP contribution in [-0.4, -0.2) is 48.4 Å². The van der Waals surface area contributed by atoms with Crippen molar-refractivity contribution in [3.63, 3.8) is 0 Å². The number of carbonyl (C=O) groups is 1. The molecule has 1 rings (SSSR count). The van der Waals surface area contributed by atoms with Crippen LogP contribution in [0.1, 0.15) is 46.0 Å². The molecule has 4 nitrogen and oxygen atoms in total. The van der Waals surface area contributed by atoms with E-state index in [1.165, 1.54) is 6.42 Å². The molecule has 0 radical (unpaired) electrons. The monoisotopic (exact) mass is 265 g/mol. The van der Waals surface area contributed by atoms with Gasteiger partial charge in [-0.3, -0.25) is 4.79 Å². The lowest BCUT2D eigenvalue weighted by molar-refractivity contribution is -0.132. The van der Waals surface area contributed by atoms with Gasteiger partial charge in [0.1, 0.15) is 0 Å². The van der Waals surface area contributed by atoms with E-state index in [9.17, 15) is 4.79 Å². The fraction of sp³-hybridized carbons (Fsp3) is 0.867. The summed E-state index contributed by atoms with van der Waals surface area (Å²) in [5.74, 6) is 0.377. The Hall–Kier alpha value is -1.08. The lowest BCUT2D eigenvalue weighted by Gasteiger charge is -2.27. The highest BCUT2D eigenvalue weighted by Gasteiger charge is 2.16. The number of hydrogen-bond acceptors (Lipinski definition) is 3. The van der Waals surface area contributed by atoms with E-state index in [0.29, 0.717) is 12.3 Å². The fourth-order valence-electron chi connectivity index (χ4n) is 2.56. The van der Waals surface area contributed by atoms with E-state index >= 15 is 0 Å². The molecule has 1 heterocycles. The van der Waals surface area contributed by atoms with Gasteiger partial charge in [-0.1, -0.05) is 6.92 Å². The van der Waals surface area contributed by atoms with E-state index in [2.05, 4.69) is 17.9 Å². The molecule has 108 valence electrons. The maximum Gasteiger partial charge on any atom is 0.222 e. The first-order chi connectivity index (χ1) is 9.17. The minimum atomic E-state index is 0.0674. The van der Waals surface area contributed by atoms with E-state index in [-0.39, 0.29) is 5.92 Å². The Bertz CT molecular complexity index is 305. The largest absolute Gasteiger partial charge is 0.343 e. The van der Waals surface area contributed by atoms with Crippen molar-refractivity contribution in [3.8, 4) is 6.07 Å². The zero-order valence-electron chi connectivity index (χ0n) is 12.4. The highest BCUT2D eigenvalue weighted by Crippen LogP contribution is 2.11. The molecule has 1 aliphatic rings. The van der Waals surface area contributed by atoms with Crippen molar-refractivity contribution in [2.45, 2.75) is 46.0 Å². The van der Waals surface area contributed by atoms with Crippen LogP contribution in [0.5, 0.6) is 0 Å². The van der Waals surface area contributed by atoms with Crippen molar-refractivity contribution >= 4 is 5.91 Å². The van der Waals surface area contributed by atoms with Gasteiger partial charge < -0.3 is 9.80 Å². The van der Waals surface area contributed by atoms with Crippen LogP contribution in [0.25, 0.3) is 0 Å². The average molecular weight is 265 g/mol. The second-order valence-corrected chi connectivity index (χ2v) is 5.47. The molecule has 0 saturated carbocycles. The van der Waals surface area contributed by atoms with E-state index in [1.54, 1.807) is 0 Å². The molecule has 0 bridgehead atoms. The Morgan fingerprint density at radius 1 is 1.37 bits per heavy atom. The smallest absolute Gasteiger partial charge is 0.222 e. The van der Waals surface area contributed by atoms with Crippen LogP contribution < -0.4 is 0 Å². The standard InChI is InChI=1S/C15H27N3O/c1-3-17(13-14(2)12-16)9-7-8-15(19)18-10-5-4-6-11-18/h14H,3-11,13H2,1-2H3/t14-/m1/s1. The van der Waals surface area contributed by atoms with Gasteiger partial charge in [0.2, 0.25) is 5.91 Å². The van der Waals surface area contributed by atoms with Gasteiger partial charge in [-0.2, -0.15) is 5.26 Å². The summed E-state index contributed by atoms with van der Waals surface area (Å²) in [5.41, 5.74) is 0. The molecule has 0 aromatic rings. The third kappa shape index (κ3) is 6.07. The van der Waals surface area contributed by atoms with Crippen molar-refractivity contribution < 1.29 is 4.79 Å². The first kappa shape index (κ1) is 16.0. The summed E-state index contributed by atoms with van der Waals surface area (Å²) in [4.78, 5) is 16.3. The van der Waals surface area contributed by atoms with E-state index < -0.39 is 0 Å². The maximum atomic E-state index is 12.0. The maximum absolute atomic E-state index is 12.0. The number of amides is 1. The lowest BCUT2D eigenvalue weighted by Crippen LogP contribution is -2.36. The third-order valence-corrected chi connectivity index (χ3v) is 3.77. The molecule has 19 heavy (non-hydrogen) atoms. The highest BCUT2D eigenvalue weighted by atomic mass is 16.2. The van der Waals surface area contributed by atoms with Crippen molar-refractivity contribution in [3.05, 3.63) is 0 Å². The fourth-order valence-corrected chi connectivity index (χ4v) is 2.56. The predicted octanol–water partition coefficient (Wildman–Crippen LogP) is 2.26. The summed E-state index contributed by atoms with van der Waals surface area (Å²) in [6.07, 6.45) is 5.14. The second-order valence-electron chi connectivity index (χ2n) is 5.47. The Morgan fingerprint density at radius 2 is 2.05 bits per heavy atom. The molecule has 1 aliphatic heterocycles. The van der Waals surface area contributed by atoms with Crippen LogP contribution in [0.15, 0.2) is 0 Å². The summed E-state index contributed by atoms with van der Waals surface area (Å²) in [5, 5.41) is 8.83. The van der Waals surface area contributed by atoms with E-state index in [0.717, 1.165) is 52.0 Å². The Balaban J connectivity index is 2.20. The molecule has 0 aromatic carbocycles. The number of hydrogen-bond donors (Lipinski definition) is 0. The minimum Gasteiger partial charge on any atom is -0.343 e. The predicted molar refractivity (Wildman–Crippen MR) is 76.6 cm³/mol. The Morgan fingerprint density at radius 3 is 2.63 bits per heavy atom. The molecule has 1 saturated heterocycles. The van der Waals surface area contributed by atoms with Gasteiger partial charge in [0.05, 0.1) is 12.0 Å². The molecule has 1 atom stereocenters. The molecule has 0 unspecified atom stereocenters. The van der Waals surface area contributed by atoms with Crippen molar-refractivity contribution in [2.75, 3.05) is 32.7 Å². The molecule has 0 N–H and O–H groups in total. The summed E-state index contributed by atoms with van der Waals surface area (Å²) in [6.45, 7) is 8.62. The molecular weight excluding hydrogens is 238 g/mol. The quantitative estimate of drug-likeness (QED) is 0.709. The number of piperidine rings is 1. The number of carbonyl (C=O) groups excluding carboxylic acids is 1. The zero-order valence-corrected chi connectivity index (χ0v) is 12.4. The average Bonchev–Trinajstić information content (AvgIpc) is 2.46. The topological polar surface area (TPSA) is 47.3 Å². The summed E-state index contributed by atoms with van der Waals surface area (Å²) >= 11 is 0. The first-order valence-electron chi connectivity index (χ1n) is 7.57. The number of likely N-dealkylation sites (tertiary alicyclic amines) is 1. The first-order valence-corrected chi connectivity index (χ1v) is 7.57. The van der Waals surface area contributed by atoms with Gasteiger partial charge in [0.25, 0.3) is 0 Å². The molecule has 4 heteroatoms. The van der Waals surface area contributed by atoms with E-state index in [1.807, 2.05) is 11.8 Å². The van der Waals surface area contributed by atoms with Gasteiger partial charge in [-0.15, -0.1) is 0 Å². The van der Waals surface area contributed by atoms with Gasteiger partial charge in [0, 0.05) is 26.1 Å². The summed E-state index contributed by atoms with van der Waals surface area (Å²) in [7, 11) is 0. The van der Waals surface area contributed by atoms with Gasteiger partial charge in [-0.25, -0.2) is 0 Å². The van der Waals surface area contributed by atoms with Gasteiger partial charge >= 0.3 is 0 Å². The normalized spacial score (nSPS) is 17.3. The van der Waals surface area contributed by atoms with Crippen LogP contribution >= 0.6 is 0 Å². The molecule has 1 fully saturated rings. The number of rotatable bonds is 7. The zero-order chi connectivity index (χ0) is 14.1. The van der Waals surface area contributed by atoms with Gasteiger partial charge in [-0.05, 0) is 45.7 Å². The highest BCUT2D eigenvalue weighted by molar-refractivity contribution is 5.76. The number of nitriles is 1. The second kappa shape index (κ2) is 8.92. The molecule has 0 aromatic heterocycles. The van der Waals surface area contributed by atoms with Crippen LogP contribution in [-0.2, 0) is 4.79 Å². The van der Waals surface area contributed by atoms with Gasteiger partial charge in [0.15, 0.2) is 0 Å². The lowest BCUT2D eigenvalue weighted by atomic mass is 10.1. The third-order valence-electron chi connectivity index (χ3n) is 3.77. The molecule has 0 aliphatic carbocycles. The van der Waals surface area contributed by atoms with Crippen LogP contribution in [0.2, 0.25) is 0 Å². The number of nitrogens with zero attached hydrogens (tertiary/aromatic N) is 3. The van der Waals surface area contributed by atoms with Crippen molar-refractivity contribution in [1.29, 1.82) is 5.26 Å². The summed E-state index contributed by atoms with van der Waals surface area (Å²) in [6, 6.07) is 2.26. The minimum absolute atomic E-state index is 0.0674. The van der Waals surface area contributed by atoms with Crippen LogP contribution in [0.3, 0.4) is 0 Å².